The number of fused-ring (bicyclic) bond motifs is 1. The number of methoxy groups -OCH3 is 1. The van der Waals surface area contributed by atoms with E-state index in [0.717, 1.165) is 44.9 Å². The number of ether oxygens (including phenoxy) is 1. The number of aromatic amines is 1. The van der Waals surface area contributed by atoms with Crippen LogP contribution in [0, 0.1) is 23.7 Å². The number of nitrogens with one attached hydrogen (secondary N) is 2. The summed E-state index contributed by atoms with van der Waals surface area (Å²) in [5.74, 6) is -0.906. The monoisotopic (exact) mass is 556 g/mol. The number of benzene rings is 1. The molecule has 3 aliphatic rings. The quantitative estimate of drug-likeness (QED) is 0.382. The van der Waals surface area contributed by atoms with Crippen molar-refractivity contribution in [3.63, 3.8) is 0 Å². The maximum atomic E-state index is 13.9. The molecule has 3 atom stereocenters. The molecule has 2 heterocycles. The molecule has 2 amide bonds. The van der Waals surface area contributed by atoms with Crippen molar-refractivity contribution < 1.29 is 28.6 Å². The van der Waals surface area contributed by atoms with E-state index in [9.17, 15) is 23.9 Å². The summed E-state index contributed by atoms with van der Waals surface area (Å²) < 4.78 is 18.7. The van der Waals surface area contributed by atoms with E-state index in [4.69, 9.17) is 10.5 Å². The number of nitrogens with two attached hydrogens (primary N) is 1. The van der Waals surface area contributed by atoms with Gasteiger partial charge in [0.05, 0.1) is 6.10 Å². The van der Waals surface area contributed by atoms with E-state index in [0.29, 0.717) is 41.9 Å². The number of hydrogen-bond donors (Lipinski definition) is 4. The zero-order chi connectivity index (χ0) is 28.4. The molecule has 2 aliphatic carbocycles. The summed E-state index contributed by atoms with van der Waals surface area (Å²) in [6, 6.07) is 5.75. The van der Waals surface area contributed by atoms with E-state index in [1.54, 1.807) is 36.3 Å². The minimum absolute atomic E-state index is 0.0210. The first-order valence-electron chi connectivity index (χ1n) is 14.6. The molecule has 1 aliphatic heterocycles. The van der Waals surface area contributed by atoms with Gasteiger partial charge in [0.2, 0.25) is 11.8 Å². The first-order chi connectivity index (χ1) is 19.3. The molecule has 0 unspecified atom stereocenters. The Hall–Kier alpha value is -2.98. The van der Waals surface area contributed by atoms with Crippen LogP contribution in [0.15, 0.2) is 24.3 Å². The highest BCUT2D eigenvalue weighted by atomic mass is 19.1. The van der Waals surface area contributed by atoms with Gasteiger partial charge in [0.25, 0.3) is 0 Å². The van der Waals surface area contributed by atoms with Gasteiger partial charge in [-0.05, 0) is 99.8 Å². The van der Waals surface area contributed by atoms with Crippen LogP contribution in [0.25, 0.3) is 10.9 Å². The average Bonchev–Trinajstić information content (AvgIpc) is 3.61. The Balaban J connectivity index is 1.34. The molecule has 5 rings (SSSR count). The van der Waals surface area contributed by atoms with Crippen molar-refractivity contribution in [2.45, 2.75) is 76.0 Å². The van der Waals surface area contributed by atoms with Crippen LogP contribution >= 0.6 is 0 Å². The largest absolute Gasteiger partial charge is 0.477 e. The van der Waals surface area contributed by atoms with Gasteiger partial charge in [-0.3, -0.25) is 9.59 Å². The van der Waals surface area contributed by atoms with Gasteiger partial charge >= 0.3 is 5.97 Å². The molecule has 40 heavy (non-hydrogen) atoms. The van der Waals surface area contributed by atoms with E-state index in [1.165, 1.54) is 0 Å². The number of hydrogen-bond acceptors (Lipinski definition) is 5. The third-order valence-electron chi connectivity index (χ3n) is 9.68. The zero-order valence-corrected chi connectivity index (χ0v) is 23.1. The van der Waals surface area contributed by atoms with Crippen LogP contribution in [0.1, 0.15) is 68.3 Å². The van der Waals surface area contributed by atoms with Crippen LogP contribution in [0.3, 0.4) is 0 Å². The molecule has 0 bridgehead atoms. The predicted octanol–water partition coefficient (Wildman–Crippen LogP) is 4.33. The Morgan fingerprint density at radius 2 is 1.82 bits per heavy atom. The highest BCUT2D eigenvalue weighted by Crippen LogP contribution is 2.42. The van der Waals surface area contributed by atoms with Gasteiger partial charge in [-0.15, -0.1) is 0 Å². The molecule has 1 saturated heterocycles. The van der Waals surface area contributed by atoms with Crippen LogP contribution in [0.4, 0.5) is 10.1 Å². The summed E-state index contributed by atoms with van der Waals surface area (Å²) in [6.45, 7) is 0.00530. The summed E-state index contributed by atoms with van der Waals surface area (Å²) in [5, 5.41) is 13.0. The lowest BCUT2D eigenvalue weighted by molar-refractivity contribution is -0.142. The summed E-state index contributed by atoms with van der Waals surface area (Å²) in [6.07, 6.45) is 7.66. The van der Waals surface area contributed by atoms with Gasteiger partial charge < -0.3 is 30.8 Å². The molecule has 1 aromatic carbocycles. The van der Waals surface area contributed by atoms with Crippen LogP contribution < -0.4 is 11.1 Å². The van der Waals surface area contributed by atoms with Crippen molar-refractivity contribution >= 4 is 34.4 Å². The SMILES string of the molecule is COC1CCC([C@@H]2CCN(C(=O)C3CCC([C@H](N)CF)CC3)[C@@H]2C(=O)Nc2ccc3[nH]c(C(=O)O)cc3c2)CC1. The van der Waals surface area contributed by atoms with Crippen molar-refractivity contribution in [2.24, 2.45) is 29.4 Å². The van der Waals surface area contributed by atoms with E-state index < -0.39 is 24.7 Å². The second-order valence-corrected chi connectivity index (χ2v) is 11.9. The van der Waals surface area contributed by atoms with Gasteiger partial charge in [0, 0.05) is 42.2 Å². The Morgan fingerprint density at radius 3 is 2.48 bits per heavy atom. The van der Waals surface area contributed by atoms with Gasteiger partial charge in [-0.2, -0.15) is 0 Å². The molecule has 1 aromatic heterocycles. The molecule has 0 radical (unpaired) electrons. The minimum Gasteiger partial charge on any atom is -0.477 e. The second-order valence-electron chi connectivity index (χ2n) is 11.9. The van der Waals surface area contributed by atoms with Crippen LogP contribution in [0.5, 0.6) is 0 Å². The number of likely N-dealkylation sites (tertiary alicyclic amines) is 1. The van der Waals surface area contributed by atoms with Crippen molar-refractivity contribution in [2.75, 3.05) is 25.6 Å². The van der Waals surface area contributed by atoms with E-state index >= 15 is 0 Å². The fourth-order valence-corrected chi connectivity index (χ4v) is 7.34. The number of H-pyrrole nitrogens is 1. The number of carboxylic acid groups (broad SMARTS) is 1. The molecule has 10 heteroatoms. The van der Waals surface area contributed by atoms with E-state index in [-0.39, 0.29) is 41.4 Å². The topological polar surface area (TPSA) is 138 Å². The fraction of sp³-hybridized carbons (Fsp3) is 0.633. The third kappa shape index (κ3) is 5.88. The molecular formula is C30H41FN4O5. The van der Waals surface area contributed by atoms with E-state index in [2.05, 4.69) is 10.3 Å². The average molecular weight is 557 g/mol. The summed E-state index contributed by atoms with van der Waals surface area (Å²) in [4.78, 5) is 43.8. The first kappa shape index (κ1) is 28.5. The zero-order valence-electron chi connectivity index (χ0n) is 23.1. The molecule has 2 aromatic rings. The Morgan fingerprint density at radius 1 is 1.10 bits per heavy atom. The van der Waals surface area contributed by atoms with Crippen molar-refractivity contribution in [3.05, 3.63) is 30.0 Å². The molecular weight excluding hydrogens is 515 g/mol. The number of alkyl halides is 1. The van der Waals surface area contributed by atoms with E-state index in [1.807, 2.05) is 0 Å². The standard InChI is InChI=1S/C30H41FN4O5/c1-40-22-9-6-17(7-10-22)23-12-13-35(29(37)19-4-2-18(3-5-19)24(32)16-31)27(23)28(36)33-21-8-11-25-20(14-21)15-26(34-25)30(38)39/h8,11,14-15,17-19,22-24,27,34H,2-7,9-10,12-13,16,32H2,1H3,(H,33,36)(H,38,39)/t17?,18?,19?,22?,23-,24+,27-/m0/s1. The van der Waals surface area contributed by atoms with Gasteiger partial charge in [0.1, 0.15) is 18.4 Å². The van der Waals surface area contributed by atoms with Gasteiger partial charge in [-0.25, -0.2) is 9.18 Å². The number of anilines is 1. The maximum Gasteiger partial charge on any atom is 0.352 e. The second kappa shape index (κ2) is 12.3. The summed E-state index contributed by atoms with van der Waals surface area (Å²) in [5.41, 5.74) is 7.25. The van der Waals surface area contributed by atoms with Crippen LogP contribution in [-0.2, 0) is 14.3 Å². The Kier molecular flexibility index (Phi) is 8.75. The number of rotatable bonds is 8. The fourth-order valence-electron chi connectivity index (χ4n) is 7.34. The minimum atomic E-state index is -1.05. The molecule has 3 fully saturated rings. The smallest absolute Gasteiger partial charge is 0.352 e. The lowest BCUT2D eigenvalue weighted by Gasteiger charge is -2.37. The number of aromatic carboxylic acids is 1. The highest BCUT2D eigenvalue weighted by molar-refractivity contribution is 6.00. The number of carbonyl (C=O) groups is 3. The first-order valence-corrected chi connectivity index (χ1v) is 14.6. The summed E-state index contributed by atoms with van der Waals surface area (Å²) >= 11 is 0. The number of aromatic nitrogens is 1. The number of halogens is 1. The van der Waals surface area contributed by atoms with Gasteiger partial charge in [-0.1, -0.05) is 0 Å². The van der Waals surface area contributed by atoms with Crippen LogP contribution in [0.2, 0.25) is 0 Å². The normalized spacial score (nSPS) is 29.8. The lowest BCUT2D eigenvalue weighted by Crippen LogP contribution is -2.50. The van der Waals surface area contributed by atoms with Crippen LogP contribution in [-0.4, -0.2) is 71.3 Å². The Bertz CT molecular complexity index is 1220. The summed E-state index contributed by atoms with van der Waals surface area (Å²) in [7, 11) is 1.74. The number of nitrogens with zero attached hydrogens (tertiary/aromatic N) is 1. The highest BCUT2D eigenvalue weighted by Gasteiger charge is 2.47. The third-order valence-corrected chi connectivity index (χ3v) is 9.68. The number of carbonyl (C=O) groups excluding carboxylic acids is 2. The number of carboxylic acids is 1. The maximum absolute atomic E-state index is 13.9. The molecule has 0 spiro atoms. The van der Waals surface area contributed by atoms with Crippen molar-refractivity contribution in [3.8, 4) is 0 Å². The Labute approximate surface area is 234 Å². The number of amides is 2. The van der Waals surface area contributed by atoms with Gasteiger partial charge in [0.15, 0.2) is 0 Å². The predicted molar refractivity (Wildman–Crippen MR) is 150 cm³/mol. The molecule has 2 saturated carbocycles. The molecule has 5 N–H and O–H groups in total. The molecule has 218 valence electrons. The lowest BCUT2D eigenvalue weighted by atomic mass is 9.75. The molecule has 9 nitrogen and oxygen atoms in total. The van der Waals surface area contributed by atoms with Crippen molar-refractivity contribution in [1.29, 1.82) is 0 Å². The van der Waals surface area contributed by atoms with Crippen molar-refractivity contribution in [1.82, 2.24) is 9.88 Å².